The minimum atomic E-state index is -4.46. The molecule has 0 unspecified atom stereocenters. The number of benzene rings is 3. The Kier molecular flexibility index (Phi) is 11.7. The summed E-state index contributed by atoms with van der Waals surface area (Å²) in [6.07, 6.45) is 8.25. The number of hydroxylamine groups is 2. The maximum Gasteiger partial charge on any atom is 0.416 e. The van der Waals surface area contributed by atoms with Gasteiger partial charge in [0.2, 0.25) is 0 Å². The second-order valence-corrected chi connectivity index (χ2v) is 9.78. The van der Waals surface area contributed by atoms with Gasteiger partial charge in [0.25, 0.3) is 0 Å². The molecule has 3 rings (SSSR count). The number of alkyl halides is 3. The molecule has 0 atom stereocenters. The van der Waals surface area contributed by atoms with Crippen molar-refractivity contribution in [2.45, 2.75) is 90.4 Å². The zero-order chi connectivity index (χ0) is 26.5. The van der Waals surface area contributed by atoms with Gasteiger partial charge in [0.1, 0.15) is 5.75 Å². The van der Waals surface area contributed by atoms with Crippen LogP contribution in [0, 0.1) is 0 Å². The first-order valence-corrected chi connectivity index (χ1v) is 13.6. The smallest absolute Gasteiger partial charge is 0.416 e. The molecule has 0 aromatic heterocycles. The number of nitrogens with zero attached hydrogens (tertiary/aromatic N) is 1. The lowest BCUT2D eigenvalue weighted by Crippen LogP contribution is -2.21. The maximum atomic E-state index is 13.3. The lowest BCUT2D eigenvalue weighted by Gasteiger charge is -2.20. The zero-order valence-corrected chi connectivity index (χ0v) is 21.9. The predicted octanol–water partition coefficient (Wildman–Crippen LogP) is 9.55. The zero-order valence-electron chi connectivity index (χ0n) is 21.9. The van der Waals surface area contributed by atoms with Gasteiger partial charge in [-0.1, -0.05) is 113 Å². The minimum absolute atomic E-state index is 0.0400. The number of unbranched alkanes of at least 4 members (excludes halogenated alkanes) is 9. The van der Waals surface area contributed by atoms with Crippen LogP contribution in [0.5, 0.6) is 5.75 Å². The molecular formula is C31H40F3NO2. The molecule has 202 valence electrons. The van der Waals surface area contributed by atoms with Crippen LogP contribution in [0.15, 0.2) is 60.7 Å². The molecule has 3 aromatic carbocycles. The number of hydrogen-bond acceptors (Lipinski definition) is 3. The first kappa shape index (κ1) is 29.0. The van der Waals surface area contributed by atoms with E-state index in [1.54, 1.807) is 6.07 Å². The van der Waals surface area contributed by atoms with Gasteiger partial charge >= 0.3 is 6.18 Å². The molecule has 37 heavy (non-hydrogen) atoms. The quantitative estimate of drug-likeness (QED) is 0.152. The molecule has 0 saturated heterocycles. The molecule has 0 fully saturated rings. The summed E-state index contributed by atoms with van der Waals surface area (Å²) in [6, 6.07) is 16.9. The van der Waals surface area contributed by atoms with E-state index in [1.807, 2.05) is 36.4 Å². The number of rotatable bonds is 16. The highest BCUT2D eigenvalue weighted by Crippen LogP contribution is 2.33. The first-order chi connectivity index (χ1) is 17.9. The topological polar surface area (TPSA) is 32.7 Å². The molecular weight excluding hydrogens is 475 g/mol. The summed E-state index contributed by atoms with van der Waals surface area (Å²) < 4.78 is 46.1. The summed E-state index contributed by atoms with van der Waals surface area (Å²) in [5.41, 5.74) is 0.141. The molecule has 0 radical (unpaired) electrons. The van der Waals surface area contributed by atoms with E-state index in [4.69, 9.17) is 4.74 Å². The van der Waals surface area contributed by atoms with Crippen LogP contribution in [0.2, 0.25) is 0 Å². The lowest BCUT2D eigenvalue weighted by molar-refractivity contribution is -0.141. The molecule has 1 N–H and O–H groups in total. The molecule has 0 aliphatic rings. The Bertz CT molecular complexity index is 1080. The van der Waals surface area contributed by atoms with Crippen molar-refractivity contribution in [3.8, 4) is 5.75 Å². The van der Waals surface area contributed by atoms with E-state index in [1.165, 1.54) is 63.5 Å². The van der Waals surface area contributed by atoms with Crippen molar-refractivity contribution in [3.63, 3.8) is 0 Å². The third-order valence-electron chi connectivity index (χ3n) is 6.76. The molecule has 0 saturated carbocycles. The molecule has 3 aromatic rings. The van der Waals surface area contributed by atoms with Crippen LogP contribution in [-0.2, 0) is 19.3 Å². The Hall–Kier alpha value is -2.57. The fourth-order valence-corrected chi connectivity index (χ4v) is 4.75. The lowest BCUT2D eigenvalue weighted by atomic mass is 10.0. The number of hydrogen-bond donors (Lipinski definition) is 1. The SMILES string of the molecule is CCCCCCCCCCCCOc1ccc(CN(O)Cc2ccccc2C(F)(F)F)c2ccccc12. The van der Waals surface area contributed by atoms with E-state index in [0.29, 0.717) is 6.61 Å². The van der Waals surface area contributed by atoms with Gasteiger partial charge in [-0.25, -0.2) is 0 Å². The summed E-state index contributed by atoms with van der Waals surface area (Å²) in [6.45, 7) is 2.78. The highest BCUT2D eigenvalue weighted by molar-refractivity contribution is 5.91. The van der Waals surface area contributed by atoms with Gasteiger partial charge in [-0.3, -0.25) is 0 Å². The standard InChI is InChI=1S/C31H40F3NO2/c1-2-3-4-5-6-7-8-9-10-15-22-37-30-21-20-25(27-17-12-13-18-28(27)30)23-35(36)24-26-16-11-14-19-29(26)31(32,33)34/h11-14,16-21,36H,2-10,15,22-24H2,1H3. The van der Waals surface area contributed by atoms with Crippen LogP contribution in [0.25, 0.3) is 10.8 Å². The third-order valence-corrected chi connectivity index (χ3v) is 6.76. The average Bonchev–Trinajstić information content (AvgIpc) is 2.88. The molecule has 0 aliphatic heterocycles. The summed E-state index contributed by atoms with van der Waals surface area (Å²) in [4.78, 5) is 0. The van der Waals surface area contributed by atoms with Crippen molar-refractivity contribution >= 4 is 10.8 Å². The van der Waals surface area contributed by atoms with Gasteiger partial charge in [0, 0.05) is 18.5 Å². The van der Waals surface area contributed by atoms with Gasteiger partial charge in [-0.2, -0.15) is 18.2 Å². The Morgan fingerprint density at radius 1 is 0.676 bits per heavy atom. The van der Waals surface area contributed by atoms with Gasteiger partial charge in [-0.15, -0.1) is 0 Å². The number of halogens is 3. The second-order valence-electron chi connectivity index (χ2n) is 9.78. The van der Waals surface area contributed by atoms with Crippen LogP contribution >= 0.6 is 0 Å². The second kappa shape index (κ2) is 15.0. The third kappa shape index (κ3) is 9.35. The van der Waals surface area contributed by atoms with Gasteiger partial charge in [0.05, 0.1) is 12.2 Å². The van der Waals surface area contributed by atoms with Crippen molar-refractivity contribution in [1.82, 2.24) is 5.06 Å². The molecule has 0 spiro atoms. The van der Waals surface area contributed by atoms with Crippen LogP contribution in [-0.4, -0.2) is 16.9 Å². The molecule has 0 amide bonds. The van der Waals surface area contributed by atoms with E-state index >= 15 is 0 Å². The van der Waals surface area contributed by atoms with Crippen molar-refractivity contribution < 1.29 is 23.1 Å². The van der Waals surface area contributed by atoms with Crippen molar-refractivity contribution in [2.75, 3.05) is 6.61 Å². The highest BCUT2D eigenvalue weighted by atomic mass is 19.4. The largest absolute Gasteiger partial charge is 0.493 e. The fourth-order valence-electron chi connectivity index (χ4n) is 4.75. The van der Waals surface area contributed by atoms with E-state index in [-0.39, 0.29) is 18.7 Å². The molecule has 0 heterocycles. The number of fused-ring (bicyclic) bond motifs is 1. The Labute approximate surface area is 219 Å². The summed E-state index contributed by atoms with van der Waals surface area (Å²) >= 11 is 0. The maximum absolute atomic E-state index is 13.3. The fraction of sp³-hybridized carbons (Fsp3) is 0.484. The normalized spacial score (nSPS) is 11.9. The van der Waals surface area contributed by atoms with Gasteiger partial charge < -0.3 is 9.94 Å². The molecule has 3 nitrogen and oxygen atoms in total. The van der Waals surface area contributed by atoms with Gasteiger partial charge in [-0.05, 0) is 35.1 Å². The summed E-state index contributed by atoms with van der Waals surface area (Å²) in [5.74, 6) is 0.794. The molecule has 0 aliphatic carbocycles. The van der Waals surface area contributed by atoms with Crippen molar-refractivity contribution in [2.24, 2.45) is 0 Å². The average molecular weight is 516 g/mol. The monoisotopic (exact) mass is 515 g/mol. The van der Waals surface area contributed by atoms with E-state index < -0.39 is 11.7 Å². The molecule has 0 bridgehead atoms. The Morgan fingerprint density at radius 2 is 1.24 bits per heavy atom. The van der Waals surface area contributed by atoms with Crippen molar-refractivity contribution in [3.05, 3.63) is 77.4 Å². The molecule has 6 heteroatoms. The first-order valence-electron chi connectivity index (χ1n) is 13.6. The van der Waals surface area contributed by atoms with Gasteiger partial charge in [0.15, 0.2) is 0 Å². The Balaban J connectivity index is 1.51. The predicted molar refractivity (Wildman–Crippen MR) is 144 cm³/mol. The van der Waals surface area contributed by atoms with Crippen LogP contribution in [0.4, 0.5) is 13.2 Å². The Morgan fingerprint density at radius 3 is 1.92 bits per heavy atom. The van der Waals surface area contributed by atoms with Crippen LogP contribution in [0.3, 0.4) is 0 Å². The van der Waals surface area contributed by atoms with E-state index in [9.17, 15) is 18.4 Å². The van der Waals surface area contributed by atoms with E-state index in [0.717, 1.165) is 46.1 Å². The minimum Gasteiger partial charge on any atom is -0.493 e. The van der Waals surface area contributed by atoms with E-state index in [2.05, 4.69) is 6.92 Å². The summed E-state index contributed by atoms with van der Waals surface area (Å²) in [7, 11) is 0. The van der Waals surface area contributed by atoms with Crippen LogP contribution in [0.1, 0.15) is 87.8 Å². The highest BCUT2D eigenvalue weighted by Gasteiger charge is 2.33. The van der Waals surface area contributed by atoms with Crippen molar-refractivity contribution in [1.29, 1.82) is 0 Å². The summed E-state index contributed by atoms with van der Waals surface area (Å²) in [5, 5.41) is 13.3. The number of ether oxygens (including phenoxy) is 1. The van der Waals surface area contributed by atoms with Crippen LogP contribution < -0.4 is 4.74 Å².